The Morgan fingerprint density at radius 2 is 1.63 bits per heavy atom. The molecular weight excluding hydrogens is 478 g/mol. The minimum absolute atomic E-state index is 0.0400. The van der Waals surface area contributed by atoms with Gasteiger partial charge in [-0.05, 0) is 53.8 Å². The molecule has 188 valence electrons. The molecule has 4 N–H and O–H groups in total. The molecule has 0 aromatic heterocycles. The van der Waals surface area contributed by atoms with E-state index in [9.17, 15) is 27.4 Å². The summed E-state index contributed by atoms with van der Waals surface area (Å²) in [5.74, 6) is -0.151. The first-order valence-electron chi connectivity index (χ1n) is 10.9. The van der Waals surface area contributed by atoms with Crippen LogP contribution in [0.3, 0.4) is 0 Å². The standard InChI is InChI=1S/C25H28F2N2O5S/c1-35(32,33)29-23-15-18(7-12-24(23)31)13-20(30)16-28-22(14-17-5-3-2-4-6-17)19-8-10-21(11-9-19)34-25(26)27/h2-12,15,20,22,25,28-31H,13-14,16H2,1H3/t20-,22+/m0/s1. The Kier molecular flexibility index (Phi) is 9.02. The Balaban J connectivity index is 1.69. The van der Waals surface area contributed by atoms with Crippen molar-refractivity contribution in [3.8, 4) is 11.5 Å². The molecule has 0 aliphatic carbocycles. The van der Waals surface area contributed by atoms with Crippen LogP contribution < -0.4 is 14.8 Å². The van der Waals surface area contributed by atoms with E-state index in [1.165, 1.54) is 24.3 Å². The number of phenolic OH excluding ortho intramolecular Hbond substituents is 1. The van der Waals surface area contributed by atoms with Crippen molar-refractivity contribution in [3.63, 3.8) is 0 Å². The third kappa shape index (κ3) is 8.82. The van der Waals surface area contributed by atoms with E-state index in [1.807, 2.05) is 30.3 Å². The molecule has 0 saturated carbocycles. The van der Waals surface area contributed by atoms with E-state index in [0.29, 0.717) is 12.0 Å². The molecule has 0 fully saturated rings. The molecule has 0 radical (unpaired) electrons. The summed E-state index contributed by atoms with van der Waals surface area (Å²) in [4.78, 5) is 0. The number of halogens is 2. The summed E-state index contributed by atoms with van der Waals surface area (Å²) >= 11 is 0. The van der Waals surface area contributed by atoms with Crippen molar-refractivity contribution < 1.29 is 32.1 Å². The first kappa shape index (κ1) is 26.4. The number of aromatic hydroxyl groups is 1. The lowest BCUT2D eigenvalue weighted by molar-refractivity contribution is -0.0498. The van der Waals surface area contributed by atoms with Gasteiger partial charge in [0.05, 0.1) is 18.0 Å². The van der Waals surface area contributed by atoms with Crippen LogP contribution in [0.2, 0.25) is 0 Å². The summed E-state index contributed by atoms with van der Waals surface area (Å²) < 4.78 is 54.6. The first-order valence-corrected chi connectivity index (χ1v) is 12.8. The first-order chi connectivity index (χ1) is 16.6. The van der Waals surface area contributed by atoms with Gasteiger partial charge in [0.15, 0.2) is 0 Å². The van der Waals surface area contributed by atoms with Gasteiger partial charge in [0.2, 0.25) is 10.0 Å². The highest BCUT2D eigenvalue weighted by Crippen LogP contribution is 2.26. The highest BCUT2D eigenvalue weighted by molar-refractivity contribution is 7.92. The molecule has 0 bridgehead atoms. The number of hydrogen-bond donors (Lipinski definition) is 4. The highest BCUT2D eigenvalue weighted by atomic mass is 32.2. The zero-order valence-electron chi connectivity index (χ0n) is 19.1. The molecule has 0 aliphatic rings. The van der Waals surface area contributed by atoms with Crippen molar-refractivity contribution in [2.45, 2.75) is 31.6 Å². The minimum atomic E-state index is -3.57. The minimum Gasteiger partial charge on any atom is -0.506 e. The molecule has 7 nitrogen and oxygen atoms in total. The van der Waals surface area contributed by atoms with Crippen molar-refractivity contribution in [1.82, 2.24) is 5.32 Å². The number of aliphatic hydroxyl groups is 1. The number of ether oxygens (including phenoxy) is 1. The largest absolute Gasteiger partial charge is 0.506 e. The van der Waals surface area contributed by atoms with Gasteiger partial charge in [0, 0.05) is 12.6 Å². The summed E-state index contributed by atoms with van der Waals surface area (Å²) in [6.45, 7) is -2.69. The monoisotopic (exact) mass is 506 g/mol. The Morgan fingerprint density at radius 1 is 0.943 bits per heavy atom. The number of phenols is 1. The molecule has 0 spiro atoms. The van der Waals surface area contributed by atoms with Gasteiger partial charge in [-0.1, -0.05) is 48.5 Å². The van der Waals surface area contributed by atoms with E-state index >= 15 is 0 Å². The average molecular weight is 507 g/mol. The number of hydrogen-bond acceptors (Lipinski definition) is 6. The van der Waals surface area contributed by atoms with Gasteiger partial charge in [-0.25, -0.2) is 8.42 Å². The maximum atomic E-state index is 12.5. The second kappa shape index (κ2) is 12.0. The van der Waals surface area contributed by atoms with Crippen molar-refractivity contribution in [2.24, 2.45) is 0 Å². The maximum absolute atomic E-state index is 12.5. The lowest BCUT2D eigenvalue weighted by Gasteiger charge is -2.22. The van der Waals surface area contributed by atoms with Crippen molar-refractivity contribution in [1.29, 1.82) is 0 Å². The highest BCUT2D eigenvalue weighted by Gasteiger charge is 2.16. The number of alkyl halides is 2. The lowest BCUT2D eigenvalue weighted by atomic mass is 9.98. The molecule has 2 atom stereocenters. The van der Waals surface area contributed by atoms with Crippen LogP contribution in [0.4, 0.5) is 14.5 Å². The second-order valence-corrected chi connectivity index (χ2v) is 9.93. The molecular formula is C25H28F2N2O5S. The van der Waals surface area contributed by atoms with Crippen molar-refractivity contribution >= 4 is 15.7 Å². The number of sulfonamides is 1. The molecule has 0 heterocycles. The molecule has 35 heavy (non-hydrogen) atoms. The Labute approximate surface area is 203 Å². The van der Waals surface area contributed by atoms with Crippen LogP contribution in [0, 0.1) is 0 Å². The summed E-state index contributed by atoms with van der Waals surface area (Å²) in [6.07, 6.45) is 0.983. The molecule has 0 amide bonds. The number of aliphatic hydroxyl groups excluding tert-OH is 1. The van der Waals surface area contributed by atoms with Gasteiger partial charge in [0.25, 0.3) is 0 Å². The van der Waals surface area contributed by atoms with Crippen LogP contribution in [0.15, 0.2) is 72.8 Å². The molecule has 0 saturated heterocycles. The summed E-state index contributed by atoms with van der Waals surface area (Å²) in [6, 6.07) is 20.3. The fourth-order valence-electron chi connectivity index (χ4n) is 3.65. The van der Waals surface area contributed by atoms with E-state index in [2.05, 4.69) is 14.8 Å². The van der Waals surface area contributed by atoms with E-state index in [4.69, 9.17) is 0 Å². The van der Waals surface area contributed by atoms with Gasteiger partial charge < -0.3 is 20.3 Å². The van der Waals surface area contributed by atoms with Crippen LogP contribution in [0.1, 0.15) is 22.7 Å². The van der Waals surface area contributed by atoms with Crippen molar-refractivity contribution in [2.75, 3.05) is 17.5 Å². The van der Waals surface area contributed by atoms with Gasteiger partial charge in [-0.2, -0.15) is 8.78 Å². The van der Waals surface area contributed by atoms with Gasteiger partial charge in [0.1, 0.15) is 11.5 Å². The predicted molar refractivity (Wildman–Crippen MR) is 130 cm³/mol. The van der Waals surface area contributed by atoms with Gasteiger partial charge >= 0.3 is 6.61 Å². The summed E-state index contributed by atoms with van der Waals surface area (Å²) in [5, 5.41) is 23.9. The fourth-order valence-corrected chi connectivity index (χ4v) is 4.22. The number of benzene rings is 3. The normalized spacial score (nSPS) is 13.4. The summed E-state index contributed by atoms with van der Waals surface area (Å²) in [7, 11) is -3.57. The fraction of sp³-hybridized carbons (Fsp3) is 0.280. The number of nitrogens with one attached hydrogen (secondary N) is 2. The third-order valence-electron chi connectivity index (χ3n) is 5.22. The zero-order chi connectivity index (χ0) is 25.4. The molecule has 10 heteroatoms. The maximum Gasteiger partial charge on any atom is 0.387 e. The zero-order valence-corrected chi connectivity index (χ0v) is 19.9. The van der Waals surface area contributed by atoms with E-state index in [-0.39, 0.29) is 36.2 Å². The van der Waals surface area contributed by atoms with Crippen LogP contribution >= 0.6 is 0 Å². The molecule has 0 unspecified atom stereocenters. The number of rotatable bonds is 12. The van der Waals surface area contributed by atoms with Crippen LogP contribution in [0.5, 0.6) is 11.5 Å². The molecule has 0 aliphatic heterocycles. The average Bonchev–Trinajstić information content (AvgIpc) is 2.79. The molecule has 3 aromatic carbocycles. The summed E-state index contributed by atoms with van der Waals surface area (Å²) in [5.41, 5.74) is 2.57. The lowest BCUT2D eigenvalue weighted by Crippen LogP contribution is -2.32. The Morgan fingerprint density at radius 3 is 2.26 bits per heavy atom. The van der Waals surface area contributed by atoms with Crippen LogP contribution in [-0.2, 0) is 22.9 Å². The van der Waals surface area contributed by atoms with Gasteiger partial charge in [-0.3, -0.25) is 4.72 Å². The Bertz CT molecular complexity index is 1190. The van der Waals surface area contributed by atoms with Gasteiger partial charge in [-0.15, -0.1) is 0 Å². The third-order valence-corrected chi connectivity index (χ3v) is 5.81. The van der Waals surface area contributed by atoms with E-state index in [0.717, 1.165) is 17.4 Å². The number of anilines is 1. The smallest absolute Gasteiger partial charge is 0.387 e. The predicted octanol–water partition coefficient (Wildman–Crippen LogP) is 3.84. The van der Waals surface area contributed by atoms with Crippen LogP contribution in [-0.4, -0.2) is 44.1 Å². The Hall–Kier alpha value is -3.21. The quantitative estimate of drug-likeness (QED) is 0.278. The van der Waals surface area contributed by atoms with E-state index in [1.54, 1.807) is 18.2 Å². The SMILES string of the molecule is CS(=O)(=O)Nc1cc(C[C@H](O)CN[C@H](Cc2ccccc2)c2ccc(OC(F)F)cc2)ccc1O. The van der Waals surface area contributed by atoms with E-state index < -0.39 is 22.7 Å². The molecule has 3 aromatic rings. The van der Waals surface area contributed by atoms with Crippen LogP contribution in [0.25, 0.3) is 0 Å². The van der Waals surface area contributed by atoms with Crippen molar-refractivity contribution in [3.05, 3.63) is 89.5 Å². The molecule has 3 rings (SSSR count). The topological polar surface area (TPSA) is 108 Å². The second-order valence-electron chi connectivity index (χ2n) is 8.18.